The van der Waals surface area contributed by atoms with Crippen molar-refractivity contribution in [2.75, 3.05) is 20.2 Å². The minimum absolute atomic E-state index is 0.213. The maximum atomic E-state index is 13.9. The summed E-state index contributed by atoms with van der Waals surface area (Å²) in [6.45, 7) is 0.969. The summed E-state index contributed by atoms with van der Waals surface area (Å²) in [4.78, 5) is 21.7. The van der Waals surface area contributed by atoms with E-state index in [1.165, 1.54) is 4.90 Å². The van der Waals surface area contributed by atoms with E-state index >= 15 is 0 Å². The van der Waals surface area contributed by atoms with Crippen LogP contribution < -0.4 is 4.74 Å². The van der Waals surface area contributed by atoms with E-state index in [4.69, 9.17) is 4.74 Å². The Bertz CT molecular complexity index is 795. The van der Waals surface area contributed by atoms with Gasteiger partial charge in [-0.15, -0.1) is 0 Å². The number of carbonyl (C=O) groups is 1. The summed E-state index contributed by atoms with van der Waals surface area (Å²) < 4.78 is 37.5. The Labute approximate surface area is 156 Å². The van der Waals surface area contributed by atoms with Crippen molar-refractivity contribution in [3.8, 4) is 5.75 Å². The first-order valence-corrected chi connectivity index (χ1v) is 9.13. The van der Waals surface area contributed by atoms with Crippen LogP contribution >= 0.6 is 0 Å². The molecular weight excluding hydrogens is 356 g/mol. The van der Waals surface area contributed by atoms with Crippen molar-refractivity contribution in [2.24, 2.45) is 0 Å². The molecule has 0 N–H and O–H groups in total. The predicted octanol–water partition coefficient (Wildman–Crippen LogP) is 4.18. The van der Waals surface area contributed by atoms with E-state index < -0.39 is 18.6 Å². The largest absolute Gasteiger partial charge is 0.496 e. The normalized spacial score (nSPS) is 14.6. The van der Waals surface area contributed by atoms with E-state index in [9.17, 15) is 13.6 Å². The van der Waals surface area contributed by atoms with Crippen LogP contribution in [0.15, 0.2) is 24.4 Å². The molecule has 1 saturated heterocycles. The fourth-order valence-corrected chi connectivity index (χ4v) is 3.15. The summed E-state index contributed by atoms with van der Waals surface area (Å²) in [7, 11) is 1.57. The van der Waals surface area contributed by atoms with Crippen molar-refractivity contribution < 1.29 is 23.0 Å². The number of ether oxygens (including phenoxy) is 2. The van der Waals surface area contributed by atoms with Crippen LogP contribution in [0.5, 0.6) is 5.75 Å². The monoisotopic (exact) mass is 379 g/mol. The highest BCUT2D eigenvalue weighted by Crippen LogP contribution is 2.27. The zero-order chi connectivity index (χ0) is 19.3. The van der Waals surface area contributed by atoms with Crippen LogP contribution in [-0.2, 0) is 11.2 Å². The van der Waals surface area contributed by atoms with Crippen molar-refractivity contribution in [2.45, 2.75) is 44.6 Å². The van der Waals surface area contributed by atoms with Gasteiger partial charge in [0.25, 0.3) is 0 Å². The molecule has 3 heterocycles. The molecule has 0 unspecified atom stereocenters. The molecule has 6 nitrogen and oxygen atoms in total. The second-order valence-electron chi connectivity index (χ2n) is 6.60. The SMILES string of the molecule is COc1cc(CCCCC(F)(F)OC(=O)N2CCCC2)nc2ncccc12. The number of methoxy groups -OCH3 is 1. The molecule has 0 aromatic carbocycles. The molecule has 1 amide bonds. The van der Waals surface area contributed by atoms with Crippen molar-refractivity contribution in [1.29, 1.82) is 0 Å². The van der Waals surface area contributed by atoms with Gasteiger partial charge in [-0.1, -0.05) is 0 Å². The van der Waals surface area contributed by atoms with Crippen molar-refractivity contribution in [3.63, 3.8) is 0 Å². The molecule has 0 aliphatic carbocycles. The lowest BCUT2D eigenvalue weighted by Gasteiger charge is -2.21. The van der Waals surface area contributed by atoms with Gasteiger partial charge in [0.05, 0.1) is 18.9 Å². The van der Waals surface area contributed by atoms with Gasteiger partial charge in [0.2, 0.25) is 0 Å². The van der Waals surface area contributed by atoms with Crippen LogP contribution in [0.3, 0.4) is 0 Å². The number of fused-ring (bicyclic) bond motifs is 1. The van der Waals surface area contributed by atoms with E-state index in [0.717, 1.165) is 23.9 Å². The maximum Gasteiger partial charge on any atom is 0.414 e. The zero-order valence-corrected chi connectivity index (χ0v) is 15.3. The summed E-state index contributed by atoms with van der Waals surface area (Å²) in [5.74, 6) is 0.660. The van der Waals surface area contributed by atoms with Gasteiger partial charge in [-0.25, -0.2) is 14.8 Å². The number of unbranched alkanes of at least 4 members (excludes halogenated alkanes) is 1. The van der Waals surface area contributed by atoms with E-state index in [1.54, 1.807) is 25.4 Å². The highest BCUT2D eigenvalue weighted by molar-refractivity contribution is 5.81. The lowest BCUT2D eigenvalue weighted by molar-refractivity contribution is -0.207. The molecule has 0 saturated carbocycles. The predicted molar refractivity (Wildman–Crippen MR) is 95.9 cm³/mol. The van der Waals surface area contributed by atoms with Gasteiger partial charge in [0.15, 0.2) is 5.65 Å². The lowest BCUT2D eigenvalue weighted by atomic mass is 10.1. The third-order valence-corrected chi connectivity index (χ3v) is 4.57. The molecule has 1 aliphatic rings. The smallest absolute Gasteiger partial charge is 0.414 e. The molecule has 2 aromatic heterocycles. The van der Waals surface area contributed by atoms with Crippen LogP contribution in [0.2, 0.25) is 0 Å². The molecule has 0 radical (unpaired) electrons. The minimum Gasteiger partial charge on any atom is -0.496 e. The number of aryl methyl sites for hydroxylation is 1. The van der Waals surface area contributed by atoms with Gasteiger partial charge < -0.3 is 14.4 Å². The summed E-state index contributed by atoms with van der Waals surface area (Å²) in [6, 6.07) is 5.47. The van der Waals surface area contributed by atoms with Crippen LogP contribution in [0.4, 0.5) is 13.6 Å². The minimum atomic E-state index is -3.45. The topological polar surface area (TPSA) is 64.6 Å². The number of hydrogen-bond acceptors (Lipinski definition) is 5. The number of likely N-dealkylation sites (tertiary alicyclic amines) is 1. The Hall–Kier alpha value is -2.51. The van der Waals surface area contributed by atoms with Crippen LogP contribution in [0.25, 0.3) is 11.0 Å². The standard InChI is InChI=1S/C19H23F2N3O3/c1-26-16-13-14(23-17-15(16)8-6-10-22-17)7-2-3-9-19(20,21)27-18(25)24-11-4-5-12-24/h6,8,10,13H,2-5,7,9,11-12H2,1H3. The summed E-state index contributed by atoms with van der Waals surface area (Å²) in [5.41, 5.74) is 1.30. The Morgan fingerprint density at radius 3 is 2.81 bits per heavy atom. The number of halogens is 2. The third kappa shape index (κ3) is 5.02. The molecule has 8 heteroatoms. The number of pyridine rings is 2. The number of amides is 1. The Morgan fingerprint density at radius 1 is 1.30 bits per heavy atom. The summed E-state index contributed by atoms with van der Waals surface area (Å²) >= 11 is 0. The van der Waals surface area contributed by atoms with Gasteiger partial charge in [-0.2, -0.15) is 8.78 Å². The molecule has 0 spiro atoms. The fourth-order valence-electron chi connectivity index (χ4n) is 3.15. The van der Waals surface area contributed by atoms with Crippen molar-refractivity contribution >= 4 is 17.1 Å². The molecule has 0 atom stereocenters. The second-order valence-corrected chi connectivity index (χ2v) is 6.60. The van der Waals surface area contributed by atoms with E-state index in [-0.39, 0.29) is 6.42 Å². The average molecular weight is 379 g/mol. The summed E-state index contributed by atoms with van der Waals surface area (Å²) in [6.07, 6.45) is -0.353. The summed E-state index contributed by atoms with van der Waals surface area (Å²) in [5, 5.41) is 0.809. The Morgan fingerprint density at radius 2 is 2.07 bits per heavy atom. The third-order valence-electron chi connectivity index (χ3n) is 4.57. The number of hydrogen-bond donors (Lipinski definition) is 0. The molecule has 3 rings (SSSR count). The van der Waals surface area contributed by atoms with Gasteiger partial charge >= 0.3 is 12.2 Å². The molecule has 1 aliphatic heterocycles. The zero-order valence-electron chi connectivity index (χ0n) is 15.3. The van der Waals surface area contributed by atoms with Gasteiger partial charge in [0, 0.05) is 31.0 Å². The fraction of sp³-hybridized carbons (Fsp3) is 0.526. The molecular formula is C19H23F2N3O3. The van der Waals surface area contributed by atoms with Crippen LogP contribution in [0.1, 0.15) is 37.8 Å². The number of nitrogens with zero attached hydrogens (tertiary/aromatic N) is 3. The van der Waals surface area contributed by atoms with Crippen molar-refractivity contribution in [3.05, 3.63) is 30.1 Å². The van der Waals surface area contributed by atoms with E-state index in [2.05, 4.69) is 14.7 Å². The average Bonchev–Trinajstić information content (AvgIpc) is 3.19. The second kappa shape index (κ2) is 8.45. The molecule has 146 valence electrons. The number of aromatic nitrogens is 2. The van der Waals surface area contributed by atoms with Gasteiger partial charge in [-0.05, 0) is 44.2 Å². The highest BCUT2D eigenvalue weighted by Gasteiger charge is 2.35. The number of carbonyl (C=O) groups excluding carboxylic acids is 1. The lowest BCUT2D eigenvalue weighted by Crippen LogP contribution is -2.35. The first kappa shape index (κ1) is 19.3. The molecule has 1 fully saturated rings. The van der Waals surface area contributed by atoms with Gasteiger partial charge in [0.1, 0.15) is 5.75 Å². The quantitative estimate of drug-likeness (QED) is 0.676. The highest BCUT2D eigenvalue weighted by atomic mass is 19.3. The molecule has 0 bridgehead atoms. The number of alkyl halides is 2. The maximum absolute atomic E-state index is 13.9. The molecule has 2 aromatic rings. The van der Waals surface area contributed by atoms with Crippen LogP contribution in [0, 0.1) is 0 Å². The first-order valence-electron chi connectivity index (χ1n) is 9.13. The van der Waals surface area contributed by atoms with Gasteiger partial charge in [-0.3, -0.25) is 0 Å². The van der Waals surface area contributed by atoms with Crippen molar-refractivity contribution in [1.82, 2.24) is 14.9 Å². The van der Waals surface area contributed by atoms with E-state index in [1.807, 2.05) is 6.07 Å². The first-order chi connectivity index (χ1) is 13.0. The molecule has 27 heavy (non-hydrogen) atoms. The number of rotatable bonds is 7. The van der Waals surface area contributed by atoms with Crippen LogP contribution in [-0.4, -0.2) is 47.3 Å². The van der Waals surface area contributed by atoms with E-state index in [0.29, 0.717) is 37.3 Å². The Balaban J connectivity index is 1.50. The Kier molecular flexibility index (Phi) is 6.03.